The summed E-state index contributed by atoms with van der Waals surface area (Å²) in [4.78, 5) is 12.8. The van der Waals surface area contributed by atoms with E-state index in [9.17, 15) is 4.79 Å². The van der Waals surface area contributed by atoms with E-state index in [1.165, 1.54) is 0 Å². The second-order valence-corrected chi connectivity index (χ2v) is 2.87. The maximum atomic E-state index is 11.2. The summed E-state index contributed by atoms with van der Waals surface area (Å²) in [5, 5.41) is 11.6. The zero-order valence-electron chi connectivity index (χ0n) is 8.00. The van der Waals surface area contributed by atoms with E-state index in [2.05, 4.69) is 5.32 Å². The number of hydrogen-bond acceptors (Lipinski definition) is 3. The number of nitrogens with one attached hydrogen (secondary N) is 1. The number of aliphatic hydroxyl groups excluding tert-OH is 1. The number of hydrogen-bond donors (Lipinski definition) is 2. The van der Waals surface area contributed by atoms with Crippen molar-refractivity contribution < 1.29 is 9.90 Å². The molecule has 0 spiro atoms. The lowest BCUT2D eigenvalue weighted by Crippen LogP contribution is -2.40. The highest BCUT2D eigenvalue weighted by atomic mass is 16.3. The van der Waals surface area contributed by atoms with Crippen molar-refractivity contribution in [1.29, 1.82) is 0 Å². The highest BCUT2D eigenvalue weighted by molar-refractivity contribution is 5.77. The van der Waals surface area contributed by atoms with Crippen molar-refractivity contribution in [3.63, 3.8) is 0 Å². The molecule has 0 aliphatic heterocycles. The van der Waals surface area contributed by atoms with E-state index in [-0.39, 0.29) is 18.6 Å². The topological polar surface area (TPSA) is 52.6 Å². The maximum absolute atomic E-state index is 11.2. The average molecular weight is 174 g/mol. The van der Waals surface area contributed by atoms with Gasteiger partial charge in [-0.05, 0) is 13.8 Å². The normalized spacial score (nSPS) is 12.7. The summed E-state index contributed by atoms with van der Waals surface area (Å²) in [5.41, 5.74) is 0. The Kier molecular flexibility index (Phi) is 5.66. The molecule has 0 fully saturated rings. The van der Waals surface area contributed by atoms with Gasteiger partial charge in [-0.3, -0.25) is 4.79 Å². The van der Waals surface area contributed by atoms with Gasteiger partial charge in [0.15, 0.2) is 0 Å². The minimum Gasteiger partial charge on any atom is -0.395 e. The lowest BCUT2D eigenvalue weighted by molar-refractivity contribution is -0.128. The fourth-order valence-electron chi connectivity index (χ4n) is 0.637. The van der Waals surface area contributed by atoms with Gasteiger partial charge in [-0.25, -0.2) is 0 Å². The third-order valence-corrected chi connectivity index (χ3v) is 1.78. The summed E-state index contributed by atoms with van der Waals surface area (Å²) in [6.45, 7) is 4.83. The molecule has 0 aromatic heterocycles. The number of nitrogens with zero attached hydrogens (tertiary/aromatic N) is 1. The maximum Gasteiger partial charge on any atom is 0.236 e. The first kappa shape index (κ1) is 11.4. The molecular formula is C8H18N2O2. The Balaban J connectivity index is 3.56. The van der Waals surface area contributed by atoms with Crippen molar-refractivity contribution >= 4 is 5.91 Å². The first-order valence-corrected chi connectivity index (χ1v) is 4.20. The van der Waals surface area contributed by atoms with Gasteiger partial charge in [0.05, 0.1) is 13.2 Å². The van der Waals surface area contributed by atoms with Crippen LogP contribution in [0.2, 0.25) is 0 Å². The highest BCUT2D eigenvalue weighted by Gasteiger charge is 2.07. The Morgan fingerprint density at radius 1 is 1.67 bits per heavy atom. The predicted molar refractivity (Wildman–Crippen MR) is 47.9 cm³/mol. The highest BCUT2D eigenvalue weighted by Crippen LogP contribution is 1.83. The molecule has 1 atom stereocenters. The second kappa shape index (κ2) is 5.97. The SMILES string of the molecule is CCN(C)C(=O)CNC(C)CO. The zero-order chi connectivity index (χ0) is 9.56. The molecule has 0 radical (unpaired) electrons. The van der Waals surface area contributed by atoms with Gasteiger partial charge in [0, 0.05) is 19.6 Å². The van der Waals surface area contributed by atoms with Crippen LogP contribution < -0.4 is 5.32 Å². The van der Waals surface area contributed by atoms with Crippen LogP contribution in [0.5, 0.6) is 0 Å². The fraction of sp³-hybridized carbons (Fsp3) is 0.875. The Morgan fingerprint density at radius 3 is 2.67 bits per heavy atom. The summed E-state index contributed by atoms with van der Waals surface area (Å²) in [6.07, 6.45) is 0. The van der Waals surface area contributed by atoms with Crippen LogP contribution in [0.25, 0.3) is 0 Å². The standard InChI is InChI=1S/C8H18N2O2/c1-4-10(3)8(12)5-9-7(2)6-11/h7,9,11H,4-6H2,1-3H3. The van der Waals surface area contributed by atoms with Crippen LogP contribution in [0.4, 0.5) is 0 Å². The monoisotopic (exact) mass is 174 g/mol. The molecule has 0 bridgehead atoms. The molecule has 1 amide bonds. The summed E-state index contributed by atoms with van der Waals surface area (Å²) >= 11 is 0. The van der Waals surface area contributed by atoms with Gasteiger partial charge in [-0.2, -0.15) is 0 Å². The Bertz CT molecular complexity index is 139. The molecule has 0 aliphatic rings. The zero-order valence-corrected chi connectivity index (χ0v) is 8.00. The third kappa shape index (κ3) is 4.31. The number of aliphatic hydroxyl groups is 1. The summed E-state index contributed by atoms with van der Waals surface area (Å²) in [7, 11) is 1.76. The van der Waals surface area contributed by atoms with Crippen LogP contribution in [0.3, 0.4) is 0 Å². The first-order chi connectivity index (χ1) is 5.61. The van der Waals surface area contributed by atoms with Crippen molar-refractivity contribution in [3.05, 3.63) is 0 Å². The molecule has 4 nitrogen and oxygen atoms in total. The molecule has 0 heterocycles. The third-order valence-electron chi connectivity index (χ3n) is 1.78. The van der Waals surface area contributed by atoms with E-state index in [4.69, 9.17) is 5.11 Å². The second-order valence-electron chi connectivity index (χ2n) is 2.87. The molecule has 0 aromatic rings. The number of amides is 1. The van der Waals surface area contributed by atoms with Crippen LogP contribution in [0.1, 0.15) is 13.8 Å². The van der Waals surface area contributed by atoms with Crippen molar-refractivity contribution in [3.8, 4) is 0 Å². The summed E-state index contributed by atoms with van der Waals surface area (Å²) in [6, 6.07) is -0.0146. The number of rotatable bonds is 5. The number of carbonyl (C=O) groups is 1. The quantitative estimate of drug-likeness (QED) is 0.587. The first-order valence-electron chi connectivity index (χ1n) is 4.20. The molecule has 0 saturated carbocycles. The molecule has 4 heteroatoms. The fourth-order valence-corrected chi connectivity index (χ4v) is 0.637. The number of likely N-dealkylation sites (N-methyl/N-ethyl adjacent to an activating group) is 1. The lowest BCUT2D eigenvalue weighted by atomic mass is 10.3. The smallest absolute Gasteiger partial charge is 0.236 e. The van der Waals surface area contributed by atoms with E-state index in [1.807, 2.05) is 13.8 Å². The van der Waals surface area contributed by atoms with Gasteiger partial charge < -0.3 is 15.3 Å². The van der Waals surface area contributed by atoms with Crippen molar-refractivity contribution in [2.45, 2.75) is 19.9 Å². The molecule has 0 saturated heterocycles. The van der Waals surface area contributed by atoms with E-state index in [1.54, 1.807) is 11.9 Å². The van der Waals surface area contributed by atoms with Gasteiger partial charge in [-0.15, -0.1) is 0 Å². The van der Waals surface area contributed by atoms with E-state index in [0.717, 1.165) is 0 Å². The largest absolute Gasteiger partial charge is 0.395 e. The lowest BCUT2D eigenvalue weighted by Gasteiger charge is -2.16. The molecule has 0 aromatic carbocycles. The molecule has 0 rings (SSSR count). The molecule has 2 N–H and O–H groups in total. The minimum absolute atomic E-state index is 0.0146. The van der Waals surface area contributed by atoms with Crippen molar-refractivity contribution in [2.24, 2.45) is 0 Å². The Labute approximate surface area is 73.6 Å². The molecular weight excluding hydrogens is 156 g/mol. The number of carbonyl (C=O) groups excluding carboxylic acids is 1. The predicted octanol–water partition coefficient (Wildman–Crippen LogP) is -0.565. The van der Waals surface area contributed by atoms with E-state index < -0.39 is 0 Å². The molecule has 12 heavy (non-hydrogen) atoms. The van der Waals surface area contributed by atoms with Crippen molar-refractivity contribution in [1.82, 2.24) is 10.2 Å². The molecule has 0 aliphatic carbocycles. The molecule has 72 valence electrons. The average Bonchev–Trinajstić information content (AvgIpc) is 2.11. The van der Waals surface area contributed by atoms with Gasteiger partial charge in [-0.1, -0.05) is 0 Å². The van der Waals surface area contributed by atoms with E-state index >= 15 is 0 Å². The van der Waals surface area contributed by atoms with Gasteiger partial charge in [0.1, 0.15) is 0 Å². The van der Waals surface area contributed by atoms with Gasteiger partial charge in [0.2, 0.25) is 5.91 Å². The van der Waals surface area contributed by atoms with Gasteiger partial charge in [0.25, 0.3) is 0 Å². The van der Waals surface area contributed by atoms with Crippen LogP contribution >= 0.6 is 0 Å². The molecule has 1 unspecified atom stereocenters. The van der Waals surface area contributed by atoms with Crippen LogP contribution in [-0.2, 0) is 4.79 Å². The summed E-state index contributed by atoms with van der Waals surface area (Å²) in [5.74, 6) is 0.0535. The van der Waals surface area contributed by atoms with Gasteiger partial charge >= 0.3 is 0 Å². The summed E-state index contributed by atoms with van der Waals surface area (Å²) < 4.78 is 0. The van der Waals surface area contributed by atoms with Crippen LogP contribution in [0, 0.1) is 0 Å². The minimum atomic E-state index is -0.0146. The van der Waals surface area contributed by atoms with Crippen LogP contribution in [0.15, 0.2) is 0 Å². The van der Waals surface area contributed by atoms with Crippen LogP contribution in [-0.4, -0.2) is 48.7 Å². The van der Waals surface area contributed by atoms with E-state index in [0.29, 0.717) is 13.1 Å². The Hall–Kier alpha value is -0.610. The Morgan fingerprint density at radius 2 is 2.25 bits per heavy atom. The van der Waals surface area contributed by atoms with Crippen molar-refractivity contribution in [2.75, 3.05) is 26.7 Å².